The molecule has 5 heteroatoms. The van der Waals surface area contributed by atoms with E-state index in [4.69, 9.17) is 0 Å². The molecule has 0 saturated carbocycles. The summed E-state index contributed by atoms with van der Waals surface area (Å²) in [4.78, 5) is 22.9. The molecule has 0 aliphatic rings. The van der Waals surface area contributed by atoms with Crippen molar-refractivity contribution >= 4 is 5.91 Å². The highest BCUT2D eigenvalue weighted by Crippen LogP contribution is 2.21. The van der Waals surface area contributed by atoms with Gasteiger partial charge in [-0.1, -0.05) is 63.2 Å². The molecule has 1 amide bonds. The zero-order valence-corrected chi connectivity index (χ0v) is 17.5. The van der Waals surface area contributed by atoms with Crippen molar-refractivity contribution in [1.29, 1.82) is 0 Å². The lowest BCUT2D eigenvalue weighted by Crippen LogP contribution is -2.29. The number of imidazole rings is 1. The van der Waals surface area contributed by atoms with Crippen molar-refractivity contribution in [2.24, 2.45) is 0 Å². The number of rotatable bonds is 9. The summed E-state index contributed by atoms with van der Waals surface area (Å²) >= 11 is 0. The minimum atomic E-state index is -0.157. The molecule has 0 aliphatic heterocycles. The maximum Gasteiger partial charge on any atom is 0.251 e. The first-order valence-corrected chi connectivity index (χ1v) is 10.4. The number of aromatic amines is 1. The topological polar surface area (TPSA) is 61.0 Å². The molecule has 0 aliphatic carbocycles. The quantitative estimate of drug-likeness (QED) is 0.552. The van der Waals surface area contributed by atoms with Gasteiger partial charge < -0.3 is 10.3 Å². The van der Waals surface area contributed by atoms with Crippen LogP contribution in [-0.2, 0) is 6.54 Å². The van der Waals surface area contributed by atoms with Crippen LogP contribution in [0.1, 0.15) is 55.0 Å². The summed E-state index contributed by atoms with van der Waals surface area (Å²) in [5.41, 5.74) is 3.92. The van der Waals surface area contributed by atoms with Gasteiger partial charge in [0.1, 0.15) is 5.82 Å². The summed E-state index contributed by atoms with van der Waals surface area (Å²) in [5, 5.41) is 3.10. The summed E-state index contributed by atoms with van der Waals surface area (Å²) in [6.45, 7) is 9.31. The first-order chi connectivity index (χ1) is 14.1. The lowest BCUT2D eigenvalue weighted by molar-refractivity contribution is 0.0934. The van der Waals surface area contributed by atoms with Gasteiger partial charge in [0.05, 0.1) is 17.9 Å². The van der Waals surface area contributed by atoms with Crippen LogP contribution in [0.2, 0.25) is 0 Å². The average Bonchev–Trinajstić information content (AvgIpc) is 3.26. The second-order valence-electron chi connectivity index (χ2n) is 7.14. The summed E-state index contributed by atoms with van der Waals surface area (Å²) in [6, 6.07) is 17.8. The molecule has 0 fully saturated rings. The zero-order chi connectivity index (χ0) is 20.6. The number of carbonyl (C=O) groups excluding carboxylic acids is 1. The van der Waals surface area contributed by atoms with Crippen molar-refractivity contribution in [3.8, 4) is 11.3 Å². The van der Waals surface area contributed by atoms with Crippen molar-refractivity contribution in [3.63, 3.8) is 0 Å². The minimum absolute atomic E-state index is 0.0797. The Morgan fingerprint density at radius 2 is 1.72 bits per heavy atom. The molecule has 2 N–H and O–H groups in total. The zero-order valence-electron chi connectivity index (χ0n) is 17.5. The van der Waals surface area contributed by atoms with Crippen molar-refractivity contribution in [3.05, 3.63) is 77.7 Å². The number of benzene rings is 2. The molecule has 0 radical (unpaired) electrons. The Bertz CT molecular complexity index is 898. The fourth-order valence-corrected chi connectivity index (χ4v) is 3.35. The van der Waals surface area contributed by atoms with Crippen LogP contribution in [0.25, 0.3) is 11.3 Å². The summed E-state index contributed by atoms with van der Waals surface area (Å²) in [6.07, 6.45) is 2.58. The predicted molar refractivity (Wildman–Crippen MR) is 118 cm³/mol. The van der Waals surface area contributed by atoms with E-state index in [0.29, 0.717) is 5.56 Å². The van der Waals surface area contributed by atoms with E-state index in [1.54, 1.807) is 0 Å². The molecular formula is C24H30N4O. The van der Waals surface area contributed by atoms with E-state index in [0.717, 1.165) is 43.1 Å². The van der Waals surface area contributed by atoms with Crippen LogP contribution in [0.3, 0.4) is 0 Å². The monoisotopic (exact) mass is 390 g/mol. The number of amides is 1. The van der Waals surface area contributed by atoms with Crippen LogP contribution in [0.4, 0.5) is 0 Å². The maximum absolute atomic E-state index is 12.7. The molecule has 0 bridgehead atoms. The van der Waals surface area contributed by atoms with Gasteiger partial charge in [-0.05, 0) is 42.8 Å². The molecule has 152 valence electrons. The first-order valence-electron chi connectivity index (χ1n) is 10.4. The standard InChI is InChI=1S/C24H30N4O/c1-4-21(23-25-16-22(26-23)19-10-8-7-9-11-19)27-24(29)20-14-12-18(13-15-20)17-28(5-2)6-3/h7-16,21H,4-6,17H2,1-3H3,(H,25,26)(H,27,29). The van der Waals surface area contributed by atoms with Crippen LogP contribution in [0.15, 0.2) is 60.8 Å². The molecule has 0 spiro atoms. The van der Waals surface area contributed by atoms with E-state index < -0.39 is 0 Å². The van der Waals surface area contributed by atoms with E-state index in [1.165, 1.54) is 5.56 Å². The van der Waals surface area contributed by atoms with Gasteiger partial charge in [0, 0.05) is 12.1 Å². The van der Waals surface area contributed by atoms with Crippen LogP contribution < -0.4 is 5.32 Å². The number of H-pyrrole nitrogens is 1. The Kier molecular flexibility index (Phi) is 7.19. The third kappa shape index (κ3) is 5.33. The van der Waals surface area contributed by atoms with Crippen molar-refractivity contribution in [1.82, 2.24) is 20.2 Å². The Morgan fingerprint density at radius 3 is 2.34 bits per heavy atom. The summed E-state index contributed by atoms with van der Waals surface area (Å²) in [5.74, 6) is 0.696. The number of aromatic nitrogens is 2. The van der Waals surface area contributed by atoms with E-state index in [2.05, 4.69) is 34.0 Å². The molecule has 1 aromatic heterocycles. The Balaban J connectivity index is 1.66. The SMILES string of the molecule is CCC(NC(=O)c1ccc(CN(CC)CC)cc1)c1ncc(-c2ccccc2)[nH]1. The largest absolute Gasteiger partial charge is 0.342 e. The molecule has 5 nitrogen and oxygen atoms in total. The van der Waals surface area contributed by atoms with Crippen LogP contribution >= 0.6 is 0 Å². The third-order valence-electron chi connectivity index (χ3n) is 5.24. The maximum atomic E-state index is 12.7. The highest BCUT2D eigenvalue weighted by atomic mass is 16.1. The van der Waals surface area contributed by atoms with Crippen LogP contribution in [0.5, 0.6) is 0 Å². The number of nitrogens with one attached hydrogen (secondary N) is 2. The van der Waals surface area contributed by atoms with Crippen molar-refractivity contribution < 1.29 is 4.79 Å². The van der Waals surface area contributed by atoms with Gasteiger partial charge >= 0.3 is 0 Å². The Hall–Kier alpha value is -2.92. The fraction of sp³-hybridized carbons (Fsp3) is 0.333. The Labute approximate surface area is 173 Å². The molecule has 1 heterocycles. The summed E-state index contributed by atoms with van der Waals surface area (Å²) < 4.78 is 0. The van der Waals surface area contributed by atoms with E-state index >= 15 is 0 Å². The number of hydrogen-bond donors (Lipinski definition) is 2. The average molecular weight is 391 g/mol. The number of hydrogen-bond acceptors (Lipinski definition) is 3. The van der Waals surface area contributed by atoms with Gasteiger partial charge in [-0.3, -0.25) is 9.69 Å². The normalized spacial score (nSPS) is 12.1. The van der Waals surface area contributed by atoms with Gasteiger partial charge in [-0.25, -0.2) is 4.98 Å². The minimum Gasteiger partial charge on any atom is -0.342 e. The van der Waals surface area contributed by atoms with E-state index in [1.807, 2.05) is 67.7 Å². The van der Waals surface area contributed by atoms with E-state index in [9.17, 15) is 4.79 Å². The molecule has 2 aromatic carbocycles. The summed E-state index contributed by atoms with van der Waals surface area (Å²) in [7, 11) is 0. The molecular weight excluding hydrogens is 360 g/mol. The number of nitrogens with zero attached hydrogens (tertiary/aromatic N) is 2. The fourth-order valence-electron chi connectivity index (χ4n) is 3.35. The van der Waals surface area contributed by atoms with Gasteiger partial charge in [0.15, 0.2) is 0 Å². The van der Waals surface area contributed by atoms with Gasteiger partial charge in [0.25, 0.3) is 5.91 Å². The molecule has 1 atom stereocenters. The highest BCUT2D eigenvalue weighted by Gasteiger charge is 2.17. The molecule has 0 saturated heterocycles. The second-order valence-corrected chi connectivity index (χ2v) is 7.14. The van der Waals surface area contributed by atoms with Gasteiger partial charge in [0.2, 0.25) is 0 Å². The van der Waals surface area contributed by atoms with E-state index in [-0.39, 0.29) is 11.9 Å². The smallest absolute Gasteiger partial charge is 0.251 e. The van der Waals surface area contributed by atoms with Crippen molar-refractivity contribution in [2.75, 3.05) is 13.1 Å². The molecule has 3 aromatic rings. The van der Waals surface area contributed by atoms with Crippen molar-refractivity contribution in [2.45, 2.75) is 39.8 Å². The molecule has 3 rings (SSSR count). The van der Waals surface area contributed by atoms with Gasteiger partial charge in [-0.2, -0.15) is 0 Å². The van der Waals surface area contributed by atoms with Gasteiger partial charge in [-0.15, -0.1) is 0 Å². The highest BCUT2D eigenvalue weighted by molar-refractivity contribution is 5.94. The van der Waals surface area contributed by atoms with Crippen LogP contribution in [-0.4, -0.2) is 33.9 Å². The first kappa shape index (κ1) is 20.8. The molecule has 29 heavy (non-hydrogen) atoms. The van der Waals surface area contributed by atoms with Crippen LogP contribution in [0, 0.1) is 0 Å². The second kappa shape index (κ2) is 10.0. The molecule has 1 unspecified atom stereocenters. The number of carbonyl (C=O) groups is 1. The third-order valence-corrected chi connectivity index (χ3v) is 5.24. The lowest BCUT2D eigenvalue weighted by Gasteiger charge is -2.18. The lowest BCUT2D eigenvalue weighted by atomic mass is 10.1. The predicted octanol–water partition coefficient (Wildman–Crippen LogP) is 4.80. The Morgan fingerprint density at radius 1 is 1.03 bits per heavy atom.